The van der Waals surface area contributed by atoms with E-state index in [9.17, 15) is 0 Å². The molecule has 0 fully saturated rings. The molecule has 3 aromatic heterocycles. The SMILES string of the molecule is Clc1nnc(Cl)c(Sc2ncnc3nc[nH]c23)n1. The minimum Gasteiger partial charge on any atom is -0.341 e. The standard InChI is InChI=1S/C8H3Cl2N7S/c9-4-7(15-8(10)17-16-4)18-6-3-5(12-1-11-3)13-2-14-6/h1-2H,(H,11,12,13,14). The molecule has 0 bridgehead atoms. The fourth-order valence-electron chi connectivity index (χ4n) is 1.26. The molecule has 3 aromatic rings. The van der Waals surface area contributed by atoms with Crippen LogP contribution in [-0.2, 0) is 0 Å². The van der Waals surface area contributed by atoms with E-state index in [0.717, 1.165) is 0 Å². The first kappa shape index (κ1) is 11.6. The van der Waals surface area contributed by atoms with Crippen LogP contribution >= 0.6 is 35.0 Å². The molecule has 1 N–H and O–H groups in total. The van der Waals surface area contributed by atoms with Gasteiger partial charge in [-0.2, -0.15) is 0 Å². The molecule has 0 aromatic carbocycles. The number of rotatable bonds is 2. The topological polar surface area (TPSA) is 93.1 Å². The largest absolute Gasteiger partial charge is 0.341 e. The van der Waals surface area contributed by atoms with Crippen LogP contribution in [0.4, 0.5) is 0 Å². The van der Waals surface area contributed by atoms with Gasteiger partial charge in [0.1, 0.15) is 21.9 Å². The number of halogens is 2. The second-order valence-electron chi connectivity index (χ2n) is 3.06. The number of imidazole rings is 1. The zero-order valence-electron chi connectivity index (χ0n) is 8.50. The molecule has 0 saturated heterocycles. The predicted octanol–water partition coefficient (Wildman–Crippen LogP) is 2.00. The molecule has 3 heterocycles. The van der Waals surface area contributed by atoms with Crippen molar-refractivity contribution >= 4 is 46.1 Å². The summed E-state index contributed by atoms with van der Waals surface area (Å²) in [5.41, 5.74) is 1.27. The molecule has 0 amide bonds. The van der Waals surface area contributed by atoms with Gasteiger partial charge < -0.3 is 4.98 Å². The lowest BCUT2D eigenvalue weighted by Gasteiger charge is -2.01. The van der Waals surface area contributed by atoms with Gasteiger partial charge in [0.2, 0.25) is 5.28 Å². The average Bonchev–Trinajstić information content (AvgIpc) is 2.83. The highest BCUT2D eigenvalue weighted by molar-refractivity contribution is 7.99. The Hall–Kier alpha value is -1.51. The third-order valence-corrected chi connectivity index (χ3v) is 3.48. The summed E-state index contributed by atoms with van der Waals surface area (Å²) < 4.78 is 0. The van der Waals surface area contributed by atoms with Crippen molar-refractivity contribution in [2.45, 2.75) is 10.1 Å². The maximum absolute atomic E-state index is 5.89. The number of aromatic amines is 1. The van der Waals surface area contributed by atoms with Gasteiger partial charge in [0.15, 0.2) is 10.8 Å². The Balaban J connectivity index is 2.06. The van der Waals surface area contributed by atoms with E-state index in [1.807, 2.05) is 0 Å². The van der Waals surface area contributed by atoms with Crippen LogP contribution in [-0.4, -0.2) is 35.1 Å². The van der Waals surface area contributed by atoms with Gasteiger partial charge in [-0.15, -0.1) is 10.2 Å². The number of aromatic nitrogens is 7. The quantitative estimate of drug-likeness (QED) is 0.723. The minimum atomic E-state index is 0.0248. The Labute approximate surface area is 114 Å². The van der Waals surface area contributed by atoms with Gasteiger partial charge in [-0.25, -0.2) is 19.9 Å². The van der Waals surface area contributed by atoms with E-state index in [4.69, 9.17) is 23.2 Å². The predicted molar refractivity (Wildman–Crippen MR) is 65.7 cm³/mol. The fourth-order valence-corrected chi connectivity index (χ4v) is 2.42. The number of nitrogens with zero attached hydrogens (tertiary/aromatic N) is 6. The lowest BCUT2D eigenvalue weighted by molar-refractivity contribution is 0.903. The monoisotopic (exact) mass is 299 g/mol. The van der Waals surface area contributed by atoms with Gasteiger partial charge in [-0.3, -0.25) is 0 Å². The van der Waals surface area contributed by atoms with Crippen molar-refractivity contribution in [3.8, 4) is 0 Å². The Bertz CT molecular complexity index is 715. The van der Waals surface area contributed by atoms with Crippen LogP contribution in [0.15, 0.2) is 22.7 Å². The van der Waals surface area contributed by atoms with E-state index in [2.05, 4.69) is 35.1 Å². The van der Waals surface area contributed by atoms with Gasteiger partial charge in [-0.05, 0) is 23.4 Å². The third kappa shape index (κ3) is 2.09. The highest BCUT2D eigenvalue weighted by atomic mass is 35.5. The highest BCUT2D eigenvalue weighted by Crippen LogP contribution is 2.31. The number of nitrogens with one attached hydrogen (secondary N) is 1. The molecule has 3 rings (SSSR count). The Morgan fingerprint density at radius 2 is 1.94 bits per heavy atom. The van der Waals surface area contributed by atoms with Gasteiger partial charge in [0.25, 0.3) is 0 Å². The normalized spacial score (nSPS) is 11.0. The molecule has 0 spiro atoms. The molecular weight excluding hydrogens is 297 g/mol. The third-order valence-electron chi connectivity index (χ3n) is 1.97. The molecule has 18 heavy (non-hydrogen) atoms. The first-order valence-corrected chi connectivity index (χ1v) is 6.19. The van der Waals surface area contributed by atoms with Crippen molar-refractivity contribution in [1.82, 2.24) is 35.1 Å². The van der Waals surface area contributed by atoms with Crippen molar-refractivity contribution in [2.24, 2.45) is 0 Å². The van der Waals surface area contributed by atoms with Crippen LogP contribution in [0, 0.1) is 0 Å². The molecule has 0 aliphatic carbocycles. The molecule has 0 radical (unpaired) electrons. The molecule has 0 atom stereocenters. The lowest BCUT2D eigenvalue weighted by atomic mass is 10.6. The van der Waals surface area contributed by atoms with Crippen molar-refractivity contribution in [2.75, 3.05) is 0 Å². The van der Waals surface area contributed by atoms with Crippen molar-refractivity contribution < 1.29 is 0 Å². The highest BCUT2D eigenvalue weighted by Gasteiger charge is 2.13. The Kier molecular flexibility index (Phi) is 2.98. The zero-order valence-corrected chi connectivity index (χ0v) is 10.8. The van der Waals surface area contributed by atoms with Crippen LogP contribution in [0.5, 0.6) is 0 Å². The van der Waals surface area contributed by atoms with Crippen LogP contribution < -0.4 is 0 Å². The van der Waals surface area contributed by atoms with Crippen LogP contribution in [0.25, 0.3) is 11.2 Å². The minimum absolute atomic E-state index is 0.0248. The van der Waals surface area contributed by atoms with Gasteiger partial charge in [0, 0.05) is 0 Å². The maximum Gasteiger partial charge on any atom is 0.244 e. The number of H-pyrrole nitrogens is 1. The molecule has 10 heteroatoms. The first-order chi connectivity index (χ1) is 8.74. The Morgan fingerprint density at radius 1 is 1.06 bits per heavy atom. The van der Waals surface area contributed by atoms with E-state index in [-0.39, 0.29) is 10.4 Å². The fraction of sp³-hybridized carbons (Fsp3) is 0. The summed E-state index contributed by atoms with van der Waals surface area (Å²) >= 11 is 12.8. The second kappa shape index (κ2) is 4.63. The molecule has 7 nitrogen and oxygen atoms in total. The number of hydrogen-bond donors (Lipinski definition) is 1. The van der Waals surface area contributed by atoms with E-state index >= 15 is 0 Å². The van der Waals surface area contributed by atoms with E-state index in [0.29, 0.717) is 21.2 Å². The molecule has 0 unspecified atom stereocenters. The summed E-state index contributed by atoms with van der Waals surface area (Å²) in [5.74, 6) is 0. The molecular formula is C8H3Cl2N7S. The summed E-state index contributed by atoms with van der Waals surface area (Å²) in [5, 5.41) is 8.46. The molecule has 0 aliphatic heterocycles. The second-order valence-corrected chi connectivity index (χ2v) is 4.73. The molecule has 0 saturated carbocycles. The summed E-state index contributed by atoms with van der Waals surface area (Å²) in [6.07, 6.45) is 2.95. The van der Waals surface area contributed by atoms with Gasteiger partial charge in [-0.1, -0.05) is 11.6 Å². The van der Waals surface area contributed by atoms with Crippen molar-refractivity contribution in [3.63, 3.8) is 0 Å². The van der Waals surface area contributed by atoms with Gasteiger partial charge >= 0.3 is 0 Å². The van der Waals surface area contributed by atoms with Crippen LogP contribution in [0.1, 0.15) is 0 Å². The van der Waals surface area contributed by atoms with Crippen molar-refractivity contribution in [3.05, 3.63) is 23.1 Å². The van der Waals surface area contributed by atoms with Gasteiger partial charge in [0.05, 0.1) is 6.33 Å². The smallest absolute Gasteiger partial charge is 0.244 e. The average molecular weight is 300 g/mol. The lowest BCUT2D eigenvalue weighted by Crippen LogP contribution is -1.93. The zero-order chi connectivity index (χ0) is 12.5. The van der Waals surface area contributed by atoms with E-state index < -0.39 is 0 Å². The summed E-state index contributed by atoms with van der Waals surface area (Å²) in [7, 11) is 0. The summed E-state index contributed by atoms with van der Waals surface area (Å²) in [6, 6.07) is 0. The van der Waals surface area contributed by atoms with Crippen molar-refractivity contribution in [1.29, 1.82) is 0 Å². The maximum atomic E-state index is 5.89. The summed E-state index contributed by atoms with van der Waals surface area (Å²) in [6.45, 7) is 0. The number of fused-ring (bicyclic) bond motifs is 1. The molecule has 90 valence electrons. The first-order valence-electron chi connectivity index (χ1n) is 4.61. The summed E-state index contributed by atoms with van der Waals surface area (Å²) in [4.78, 5) is 19.1. The molecule has 0 aliphatic rings. The van der Waals surface area contributed by atoms with E-state index in [1.54, 1.807) is 0 Å². The van der Waals surface area contributed by atoms with E-state index in [1.165, 1.54) is 24.4 Å². The van der Waals surface area contributed by atoms with Crippen LogP contribution in [0.3, 0.4) is 0 Å². The van der Waals surface area contributed by atoms with Crippen LogP contribution in [0.2, 0.25) is 10.4 Å². The Morgan fingerprint density at radius 3 is 2.83 bits per heavy atom. The number of hydrogen-bond acceptors (Lipinski definition) is 7.